The second-order valence-electron chi connectivity index (χ2n) is 4.72. The molecule has 0 spiro atoms. The Morgan fingerprint density at radius 1 is 1.50 bits per heavy atom. The minimum atomic E-state index is -0.219. The van der Waals surface area contributed by atoms with Gasteiger partial charge in [-0.25, -0.2) is 4.98 Å². The number of carbonyl (C=O) groups is 1. The number of pyridine rings is 1. The maximum absolute atomic E-state index is 12.1. The third-order valence-electron chi connectivity index (χ3n) is 2.68. The zero-order chi connectivity index (χ0) is 15.0. The van der Waals surface area contributed by atoms with Crippen LogP contribution in [-0.2, 0) is 0 Å². The SMILES string of the molecule is CCCNc1ccc(Cl)c(C(=O)NCC(C)CSC)n1. The third-order valence-corrected chi connectivity index (χ3v) is 3.89. The first-order valence-corrected chi connectivity index (χ1v) is 8.53. The highest BCUT2D eigenvalue weighted by atomic mass is 35.5. The van der Waals surface area contributed by atoms with Gasteiger partial charge in [0.25, 0.3) is 5.91 Å². The van der Waals surface area contributed by atoms with Gasteiger partial charge in [0, 0.05) is 13.1 Å². The Balaban J connectivity index is 2.66. The van der Waals surface area contributed by atoms with Crippen molar-refractivity contribution in [2.24, 2.45) is 5.92 Å². The molecule has 0 saturated carbocycles. The molecule has 1 aromatic rings. The first-order chi connectivity index (χ1) is 9.58. The van der Waals surface area contributed by atoms with Crippen molar-refractivity contribution in [3.8, 4) is 0 Å². The predicted molar refractivity (Wildman–Crippen MR) is 87.9 cm³/mol. The monoisotopic (exact) mass is 315 g/mol. The predicted octanol–water partition coefficient (Wildman–Crippen LogP) is 3.29. The van der Waals surface area contributed by atoms with Crippen molar-refractivity contribution in [2.45, 2.75) is 20.3 Å². The van der Waals surface area contributed by atoms with Crippen molar-refractivity contribution in [3.05, 3.63) is 22.8 Å². The molecule has 0 aliphatic heterocycles. The quantitative estimate of drug-likeness (QED) is 0.773. The normalized spacial score (nSPS) is 12.0. The Labute approximate surface area is 130 Å². The summed E-state index contributed by atoms with van der Waals surface area (Å²) < 4.78 is 0. The van der Waals surface area contributed by atoms with Crippen molar-refractivity contribution in [1.82, 2.24) is 10.3 Å². The average molecular weight is 316 g/mol. The van der Waals surface area contributed by atoms with Gasteiger partial charge in [-0.2, -0.15) is 11.8 Å². The lowest BCUT2D eigenvalue weighted by Gasteiger charge is -2.12. The van der Waals surface area contributed by atoms with Gasteiger partial charge >= 0.3 is 0 Å². The fraction of sp³-hybridized carbons (Fsp3) is 0.571. The molecule has 0 aliphatic rings. The first kappa shape index (κ1) is 17.1. The van der Waals surface area contributed by atoms with E-state index in [9.17, 15) is 4.79 Å². The Bertz CT molecular complexity index is 442. The second-order valence-corrected chi connectivity index (χ2v) is 6.04. The van der Waals surface area contributed by atoms with Crippen LogP contribution in [0.2, 0.25) is 5.02 Å². The van der Waals surface area contributed by atoms with E-state index in [4.69, 9.17) is 11.6 Å². The van der Waals surface area contributed by atoms with Crippen LogP contribution in [0.25, 0.3) is 0 Å². The zero-order valence-corrected chi connectivity index (χ0v) is 13.8. The number of nitrogens with one attached hydrogen (secondary N) is 2. The van der Waals surface area contributed by atoms with E-state index in [1.54, 1.807) is 23.9 Å². The van der Waals surface area contributed by atoms with E-state index in [1.165, 1.54) is 0 Å². The topological polar surface area (TPSA) is 54.0 Å². The Kier molecular flexibility index (Phi) is 7.77. The molecule has 1 aromatic heterocycles. The zero-order valence-electron chi connectivity index (χ0n) is 12.2. The molecule has 1 heterocycles. The molecule has 1 atom stereocenters. The molecule has 0 fully saturated rings. The minimum Gasteiger partial charge on any atom is -0.370 e. The van der Waals surface area contributed by atoms with Gasteiger partial charge < -0.3 is 10.6 Å². The number of aromatic nitrogens is 1. The number of rotatable bonds is 8. The maximum atomic E-state index is 12.1. The number of hydrogen-bond acceptors (Lipinski definition) is 4. The number of thioether (sulfide) groups is 1. The van der Waals surface area contributed by atoms with Gasteiger partial charge in [-0.3, -0.25) is 4.79 Å². The fourth-order valence-corrected chi connectivity index (χ4v) is 2.52. The molecule has 0 saturated heterocycles. The van der Waals surface area contributed by atoms with Gasteiger partial charge in [0.1, 0.15) is 11.5 Å². The number of carbonyl (C=O) groups excluding carboxylic acids is 1. The smallest absolute Gasteiger partial charge is 0.271 e. The lowest BCUT2D eigenvalue weighted by molar-refractivity contribution is 0.0944. The molecule has 0 aromatic carbocycles. The van der Waals surface area contributed by atoms with Crippen LogP contribution in [0.5, 0.6) is 0 Å². The molecule has 0 bridgehead atoms. The van der Waals surface area contributed by atoms with Crippen LogP contribution in [-0.4, -0.2) is 36.0 Å². The molecule has 1 unspecified atom stereocenters. The van der Waals surface area contributed by atoms with Crippen LogP contribution in [0.4, 0.5) is 5.82 Å². The van der Waals surface area contributed by atoms with E-state index in [1.807, 2.05) is 0 Å². The van der Waals surface area contributed by atoms with E-state index in [0.717, 1.165) is 18.7 Å². The summed E-state index contributed by atoms with van der Waals surface area (Å²) in [6.45, 7) is 5.62. The number of halogens is 1. The number of anilines is 1. The maximum Gasteiger partial charge on any atom is 0.271 e. The van der Waals surface area contributed by atoms with E-state index >= 15 is 0 Å². The summed E-state index contributed by atoms with van der Waals surface area (Å²) in [7, 11) is 0. The van der Waals surface area contributed by atoms with Gasteiger partial charge in [-0.1, -0.05) is 25.4 Å². The fourth-order valence-electron chi connectivity index (χ4n) is 1.65. The van der Waals surface area contributed by atoms with Crippen LogP contribution in [0.15, 0.2) is 12.1 Å². The molecular weight excluding hydrogens is 294 g/mol. The largest absolute Gasteiger partial charge is 0.370 e. The highest BCUT2D eigenvalue weighted by Crippen LogP contribution is 2.17. The summed E-state index contributed by atoms with van der Waals surface area (Å²) in [6, 6.07) is 3.48. The van der Waals surface area contributed by atoms with Crippen LogP contribution >= 0.6 is 23.4 Å². The second kappa shape index (κ2) is 9.08. The summed E-state index contributed by atoms with van der Waals surface area (Å²) in [6.07, 6.45) is 3.05. The van der Waals surface area contributed by atoms with Crippen LogP contribution < -0.4 is 10.6 Å². The van der Waals surface area contributed by atoms with Crippen LogP contribution in [0.3, 0.4) is 0 Å². The number of nitrogens with zero attached hydrogens (tertiary/aromatic N) is 1. The molecule has 4 nitrogen and oxygen atoms in total. The van der Waals surface area contributed by atoms with Gasteiger partial charge in [0.2, 0.25) is 0 Å². The molecule has 0 aliphatic carbocycles. The molecule has 20 heavy (non-hydrogen) atoms. The molecule has 1 rings (SSSR count). The van der Waals surface area contributed by atoms with Crippen molar-refractivity contribution >= 4 is 35.1 Å². The lowest BCUT2D eigenvalue weighted by atomic mass is 10.2. The lowest BCUT2D eigenvalue weighted by Crippen LogP contribution is -2.30. The van der Waals surface area contributed by atoms with Gasteiger partial charge in [0.05, 0.1) is 5.02 Å². The minimum absolute atomic E-state index is 0.219. The van der Waals surface area contributed by atoms with E-state index < -0.39 is 0 Å². The highest BCUT2D eigenvalue weighted by Gasteiger charge is 2.14. The summed E-state index contributed by atoms with van der Waals surface area (Å²) >= 11 is 7.82. The molecular formula is C14H22ClN3OS. The Hall–Kier alpha value is -0.940. The summed E-state index contributed by atoms with van der Waals surface area (Å²) in [5, 5.41) is 6.41. The highest BCUT2D eigenvalue weighted by molar-refractivity contribution is 7.98. The number of hydrogen-bond donors (Lipinski definition) is 2. The van der Waals surface area contributed by atoms with Crippen molar-refractivity contribution < 1.29 is 4.79 Å². The number of amides is 1. The molecule has 2 N–H and O–H groups in total. The van der Waals surface area contributed by atoms with Crippen molar-refractivity contribution in [3.63, 3.8) is 0 Å². The molecule has 112 valence electrons. The molecule has 0 radical (unpaired) electrons. The Morgan fingerprint density at radius 3 is 2.90 bits per heavy atom. The van der Waals surface area contributed by atoms with Crippen molar-refractivity contribution in [2.75, 3.05) is 30.4 Å². The molecule has 6 heteroatoms. The van der Waals surface area contributed by atoms with Gasteiger partial charge in [0.15, 0.2) is 0 Å². The summed E-state index contributed by atoms with van der Waals surface area (Å²) in [5.74, 6) is 1.90. The van der Waals surface area contributed by atoms with E-state index in [2.05, 4.69) is 35.7 Å². The van der Waals surface area contributed by atoms with Crippen LogP contribution in [0.1, 0.15) is 30.8 Å². The standard InChI is InChI=1S/C14H22ClN3OS/c1-4-7-16-12-6-5-11(15)13(18-12)14(19)17-8-10(2)9-20-3/h5-6,10H,4,7-9H2,1-3H3,(H,16,18)(H,17,19). The summed E-state index contributed by atoms with van der Waals surface area (Å²) in [5.41, 5.74) is 0.282. The van der Waals surface area contributed by atoms with E-state index in [-0.39, 0.29) is 11.6 Å². The third kappa shape index (κ3) is 5.59. The van der Waals surface area contributed by atoms with Gasteiger partial charge in [-0.05, 0) is 36.5 Å². The summed E-state index contributed by atoms with van der Waals surface area (Å²) in [4.78, 5) is 16.4. The van der Waals surface area contributed by atoms with E-state index in [0.29, 0.717) is 23.3 Å². The molecule has 1 amide bonds. The Morgan fingerprint density at radius 2 is 2.25 bits per heavy atom. The average Bonchev–Trinajstić information content (AvgIpc) is 2.44. The first-order valence-electron chi connectivity index (χ1n) is 6.76. The van der Waals surface area contributed by atoms with Gasteiger partial charge in [-0.15, -0.1) is 0 Å². The van der Waals surface area contributed by atoms with Crippen LogP contribution in [0, 0.1) is 5.92 Å². The van der Waals surface area contributed by atoms with Crippen molar-refractivity contribution in [1.29, 1.82) is 0 Å².